The molecule has 0 spiro atoms. The Kier molecular flexibility index (Phi) is 4.91. The average Bonchev–Trinajstić information content (AvgIpc) is 2.93. The van der Waals surface area contributed by atoms with Crippen molar-refractivity contribution >= 4 is 22.1 Å². The van der Waals surface area contributed by atoms with E-state index < -0.39 is 32.9 Å². The van der Waals surface area contributed by atoms with Gasteiger partial charge in [-0.05, 0) is 40.0 Å². The Hall–Kier alpha value is -1.35. The van der Waals surface area contributed by atoms with Crippen molar-refractivity contribution in [3.8, 4) is 0 Å². The Morgan fingerprint density at radius 1 is 1.22 bits per heavy atom. The molecule has 2 heterocycles. The number of ether oxygens (including phenoxy) is 1. The van der Waals surface area contributed by atoms with Gasteiger partial charge < -0.3 is 14.7 Å². The van der Waals surface area contributed by atoms with Crippen LogP contribution in [-0.2, 0) is 19.6 Å². The van der Waals surface area contributed by atoms with Gasteiger partial charge in [-0.25, -0.2) is 13.2 Å². The van der Waals surface area contributed by atoms with Crippen molar-refractivity contribution in [3.05, 3.63) is 0 Å². The molecule has 0 radical (unpaired) electrons. The molecule has 0 saturated carbocycles. The normalized spacial score (nSPS) is 28.0. The summed E-state index contributed by atoms with van der Waals surface area (Å²) in [7, 11) is -3.84. The summed E-state index contributed by atoms with van der Waals surface area (Å²) in [5.41, 5.74) is -0.613. The first kappa shape index (κ1) is 18.0. The highest BCUT2D eigenvalue weighted by atomic mass is 32.2. The lowest BCUT2D eigenvalue weighted by atomic mass is 10.2. The fraction of sp³-hybridized carbons (Fsp3) is 0.857. The minimum Gasteiger partial charge on any atom is -0.480 e. The summed E-state index contributed by atoms with van der Waals surface area (Å²) < 4.78 is 31.0. The largest absolute Gasteiger partial charge is 0.480 e. The van der Waals surface area contributed by atoms with Crippen LogP contribution < -0.4 is 0 Å². The zero-order chi connectivity index (χ0) is 17.4. The van der Waals surface area contributed by atoms with Crippen LogP contribution in [0.15, 0.2) is 0 Å². The Bertz CT molecular complexity index is 583. The van der Waals surface area contributed by atoms with Crippen molar-refractivity contribution in [1.29, 1.82) is 0 Å². The number of carbonyl (C=O) groups is 2. The highest BCUT2D eigenvalue weighted by Gasteiger charge is 2.45. The van der Waals surface area contributed by atoms with E-state index in [2.05, 4.69) is 0 Å². The third kappa shape index (κ3) is 3.95. The molecule has 2 saturated heterocycles. The van der Waals surface area contributed by atoms with Crippen molar-refractivity contribution in [2.45, 2.75) is 56.9 Å². The van der Waals surface area contributed by atoms with Crippen molar-refractivity contribution in [2.24, 2.45) is 0 Å². The summed E-state index contributed by atoms with van der Waals surface area (Å²) in [6.07, 6.45) is 1.09. The quantitative estimate of drug-likeness (QED) is 0.812. The minimum atomic E-state index is -3.84. The second-order valence-corrected chi connectivity index (χ2v) is 9.10. The van der Waals surface area contributed by atoms with Crippen LogP contribution in [0, 0.1) is 0 Å². The van der Waals surface area contributed by atoms with E-state index in [-0.39, 0.29) is 25.6 Å². The number of carbonyl (C=O) groups excluding carboxylic acids is 1. The summed E-state index contributed by atoms with van der Waals surface area (Å²) in [5.74, 6) is -1.32. The first-order valence-corrected chi connectivity index (χ1v) is 9.24. The smallest absolute Gasteiger partial charge is 0.410 e. The lowest BCUT2D eigenvalue weighted by Crippen LogP contribution is -2.46. The third-order valence-electron chi connectivity index (χ3n) is 4.06. The van der Waals surface area contributed by atoms with Crippen molar-refractivity contribution in [1.82, 2.24) is 9.21 Å². The molecule has 23 heavy (non-hydrogen) atoms. The van der Waals surface area contributed by atoms with Crippen LogP contribution in [0.25, 0.3) is 0 Å². The number of carboxylic acids is 1. The Morgan fingerprint density at radius 2 is 1.87 bits per heavy atom. The minimum absolute atomic E-state index is 0.0802. The summed E-state index contributed by atoms with van der Waals surface area (Å²) >= 11 is 0. The molecule has 132 valence electrons. The molecular formula is C14H24N2O6S. The van der Waals surface area contributed by atoms with E-state index in [0.29, 0.717) is 13.0 Å². The average molecular weight is 348 g/mol. The van der Waals surface area contributed by atoms with Gasteiger partial charge in [0.2, 0.25) is 10.0 Å². The lowest BCUT2D eigenvalue weighted by molar-refractivity contribution is -0.136. The van der Waals surface area contributed by atoms with Gasteiger partial charge in [-0.1, -0.05) is 0 Å². The van der Waals surface area contributed by atoms with E-state index in [9.17, 15) is 18.0 Å². The lowest BCUT2D eigenvalue weighted by Gasteiger charge is -2.30. The van der Waals surface area contributed by atoms with E-state index in [1.165, 1.54) is 4.31 Å². The number of carboxylic acid groups (broad SMARTS) is 1. The van der Waals surface area contributed by atoms with Crippen molar-refractivity contribution in [3.63, 3.8) is 0 Å². The summed E-state index contributed by atoms with van der Waals surface area (Å²) in [4.78, 5) is 24.8. The van der Waals surface area contributed by atoms with Crippen LogP contribution in [0.3, 0.4) is 0 Å². The molecule has 8 nitrogen and oxygen atoms in total. The van der Waals surface area contributed by atoms with Crippen LogP contribution >= 0.6 is 0 Å². The molecule has 2 aliphatic rings. The maximum atomic E-state index is 12.2. The fourth-order valence-corrected chi connectivity index (χ4v) is 4.74. The van der Waals surface area contributed by atoms with Gasteiger partial charge in [0.25, 0.3) is 0 Å². The van der Waals surface area contributed by atoms with E-state index in [4.69, 9.17) is 9.84 Å². The Balaban J connectivity index is 2.05. The number of hydrogen-bond donors (Lipinski definition) is 1. The first-order valence-electron chi connectivity index (χ1n) is 7.74. The number of aliphatic carboxylic acids is 1. The molecule has 0 aromatic heterocycles. The van der Waals surface area contributed by atoms with Crippen LogP contribution in [0.5, 0.6) is 0 Å². The molecule has 1 N–H and O–H groups in total. The molecule has 2 unspecified atom stereocenters. The first-order chi connectivity index (χ1) is 10.5. The predicted molar refractivity (Wildman–Crippen MR) is 82.5 cm³/mol. The number of amides is 1. The van der Waals surface area contributed by atoms with Gasteiger partial charge in [0.15, 0.2) is 5.25 Å². The second-order valence-electron chi connectivity index (χ2n) is 6.99. The van der Waals surface area contributed by atoms with Crippen molar-refractivity contribution in [2.75, 3.05) is 19.6 Å². The molecule has 2 atom stereocenters. The predicted octanol–water partition coefficient (Wildman–Crippen LogP) is 0.875. The molecule has 0 aromatic rings. The van der Waals surface area contributed by atoms with Gasteiger partial charge >= 0.3 is 12.1 Å². The van der Waals surface area contributed by atoms with Gasteiger partial charge in [0, 0.05) is 25.7 Å². The van der Waals surface area contributed by atoms with Crippen LogP contribution in [-0.4, -0.2) is 71.3 Å². The molecule has 1 amide bonds. The molecule has 2 aliphatic heterocycles. The molecule has 0 bridgehead atoms. The van der Waals surface area contributed by atoms with Gasteiger partial charge in [-0.3, -0.25) is 4.79 Å². The maximum absolute atomic E-state index is 12.2. The Morgan fingerprint density at radius 3 is 2.39 bits per heavy atom. The molecule has 9 heteroatoms. The summed E-state index contributed by atoms with van der Waals surface area (Å²) in [6, 6.07) is -0.271. The van der Waals surface area contributed by atoms with Gasteiger partial charge in [-0.2, -0.15) is 4.31 Å². The second kappa shape index (κ2) is 6.27. The molecule has 0 aromatic carbocycles. The highest BCUT2D eigenvalue weighted by Crippen LogP contribution is 2.27. The zero-order valence-corrected chi connectivity index (χ0v) is 14.5. The number of nitrogens with zero attached hydrogens (tertiary/aromatic N) is 2. The number of hydrogen-bond acceptors (Lipinski definition) is 5. The maximum Gasteiger partial charge on any atom is 0.410 e. The van der Waals surface area contributed by atoms with Crippen molar-refractivity contribution < 1.29 is 27.9 Å². The molecule has 0 aliphatic carbocycles. The molecular weight excluding hydrogens is 324 g/mol. The van der Waals surface area contributed by atoms with E-state index >= 15 is 0 Å². The molecule has 2 fully saturated rings. The van der Waals surface area contributed by atoms with E-state index in [0.717, 1.165) is 6.42 Å². The van der Waals surface area contributed by atoms with Crippen LogP contribution in [0.1, 0.15) is 40.0 Å². The zero-order valence-electron chi connectivity index (χ0n) is 13.7. The third-order valence-corrected chi connectivity index (χ3v) is 6.26. The fourth-order valence-electron chi connectivity index (χ4n) is 2.98. The van der Waals surface area contributed by atoms with Gasteiger partial charge in [-0.15, -0.1) is 0 Å². The monoisotopic (exact) mass is 348 g/mol. The number of rotatable bonds is 3. The van der Waals surface area contributed by atoms with E-state index in [1.54, 1.807) is 25.7 Å². The van der Waals surface area contributed by atoms with Gasteiger partial charge in [0.05, 0.1) is 0 Å². The van der Waals surface area contributed by atoms with Crippen LogP contribution in [0.4, 0.5) is 4.79 Å². The topological polar surface area (TPSA) is 104 Å². The highest BCUT2D eigenvalue weighted by molar-refractivity contribution is 7.90. The standard InChI is InChI=1S/C14H24N2O6S/c1-14(2,3)22-13(19)16-7-4-5-10(16)9-15-8-6-11(12(17)18)23(15,20)21/h10-11H,4-9H2,1-3H3,(H,17,18). The summed E-state index contributed by atoms with van der Waals surface area (Å²) in [6.45, 7) is 6.16. The van der Waals surface area contributed by atoms with Gasteiger partial charge in [0.1, 0.15) is 5.60 Å². The molecule has 2 rings (SSSR count). The summed E-state index contributed by atoms with van der Waals surface area (Å²) in [5, 5.41) is 7.63. The van der Waals surface area contributed by atoms with E-state index in [1.807, 2.05) is 0 Å². The number of likely N-dealkylation sites (tertiary alicyclic amines) is 1. The van der Waals surface area contributed by atoms with Crippen LogP contribution in [0.2, 0.25) is 0 Å². The Labute approximate surface area is 136 Å². The number of sulfonamides is 1. The SMILES string of the molecule is CC(C)(C)OC(=O)N1CCCC1CN1CCC(C(=O)O)S1(=O)=O.